The average Bonchev–Trinajstić information content (AvgIpc) is 3.80. The molecule has 8 nitrogen and oxygen atoms in total. The molecule has 1 fully saturated rings. The first kappa shape index (κ1) is 27.9. The number of aliphatic hydroxyl groups is 1. The van der Waals surface area contributed by atoms with Gasteiger partial charge in [0, 0.05) is 37.5 Å². The SMILES string of the molecule is CNC(=O)c1cc2c(Oc3ccc(CC(=O)C4(C(=O)Cc5ccc(F)cc5)CC4)cc3)ccnc2cc1OCCO. The van der Waals surface area contributed by atoms with Crippen molar-refractivity contribution in [2.45, 2.75) is 25.7 Å². The average molecular weight is 557 g/mol. The minimum Gasteiger partial charge on any atom is -0.490 e. The molecular weight excluding hydrogens is 527 g/mol. The largest absolute Gasteiger partial charge is 0.490 e. The molecule has 4 aromatic rings. The number of rotatable bonds is 12. The van der Waals surface area contributed by atoms with Crippen LogP contribution in [0, 0.1) is 11.2 Å². The fourth-order valence-corrected chi connectivity index (χ4v) is 4.78. The van der Waals surface area contributed by atoms with Gasteiger partial charge in [-0.1, -0.05) is 24.3 Å². The predicted octanol–water partition coefficient (Wildman–Crippen LogP) is 4.60. The molecular formula is C32H29FN2O6. The zero-order valence-electron chi connectivity index (χ0n) is 22.5. The Hall–Kier alpha value is -4.63. The standard InChI is InChI=1S/C32H29FN2O6/c1-34-31(39)25-18-24-26(19-28(25)40-15-14-36)35-13-10-27(24)41-23-8-4-21(5-9-23)17-30(38)32(11-12-32)29(37)16-20-2-6-22(33)7-3-20/h2-10,13,18-19,36H,11-12,14-17H2,1H3,(H,34,39). The molecule has 5 rings (SSSR count). The molecule has 3 aromatic carbocycles. The second-order valence-corrected chi connectivity index (χ2v) is 9.98. The summed E-state index contributed by atoms with van der Waals surface area (Å²) in [6, 6.07) is 17.8. The maximum absolute atomic E-state index is 13.2. The molecule has 0 atom stereocenters. The number of Topliss-reactive ketones (excluding diaryl/α,β-unsaturated/α-hetero) is 2. The number of carbonyl (C=O) groups is 3. The van der Waals surface area contributed by atoms with E-state index in [-0.39, 0.29) is 54.9 Å². The highest BCUT2D eigenvalue weighted by Gasteiger charge is 2.54. The number of carbonyl (C=O) groups excluding carboxylic acids is 3. The van der Waals surface area contributed by atoms with Crippen LogP contribution in [0.3, 0.4) is 0 Å². The van der Waals surface area contributed by atoms with Gasteiger partial charge in [-0.05, 0) is 60.4 Å². The van der Waals surface area contributed by atoms with E-state index >= 15 is 0 Å². The lowest BCUT2D eigenvalue weighted by Crippen LogP contribution is -2.28. The van der Waals surface area contributed by atoms with Crippen molar-refractivity contribution in [3.8, 4) is 17.2 Å². The van der Waals surface area contributed by atoms with Gasteiger partial charge in [0.05, 0.1) is 23.1 Å². The number of nitrogens with zero attached hydrogens (tertiary/aromatic N) is 1. The molecule has 0 unspecified atom stereocenters. The number of amides is 1. The summed E-state index contributed by atoms with van der Waals surface area (Å²) in [6.45, 7) is -0.166. The quantitative estimate of drug-likeness (QED) is 0.245. The molecule has 0 bridgehead atoms. The summed E-state index contributed by atoms with van der Waals surface area (Å²) in [4.78, 5) is 42.9. The van der Waals surface area contributed by atoms with Crippen LogP contribution in [0.2, 0.25) is 0 Å². The maximum atomic E-state index is 13.2. The number of halogens is 1. The summed E-state index contributed by atoms with van der Waals surface area (Å²) in [6.07, 6.45) is 2.88. The Balaban J connectivity index is 1.29. The Morgan fingerprint density at radius 2 is 1.56 bits per heavy atom. The van der Waals surface area contributed by atoms with E-state index < -0.39 is 5.41 Å². The van der Waals surface area contributed by atoms with Gasteiger partial charge in [0.2, 0.25) is 0 Å². The lowest BCUT2D eigenvalue weighted by molar-refractivity contribution is -0.133. The van der Waals surface area contributed by atoms with Crippen LogP contribution in [0.4, 0.5) is 4.39 Å². The number of ether oxygens (including phenoxy) is 2. The molecule has 9 heteroatoms. The van der Waals surface area contributed by atoms with Gasteiger partial charge in [-0.15, -0.1) is 0 Å². The topological polar surface area (TPSA) is 115 Å². The number of ketones is 2. The molecule has 2 N–H and O–H groups in total. The fraction of sp³-hybridized carbons (Fsp3) is 0.250. The highest BCUT2D eigenvalue weighted by molar-refractivity contribution is 6.11. The van der Waals surface area contributed by atoms with Gasteiger partial charge in [-0.25, -0.2) is 4.39 Å². The van der Waals surface area contributed by atoms with Crippen molar-refractivity contribution >= 4 is 28.4 Å². The van der Waals surface area contributed by atoms with E-state index in [2.05, 4.69) is 10.3 Å². The van der Waals surface area contributed by atoms with Crippen molar-refractivity contribution in [3.63, 3.8) is 0 Å². The third-order valence-corrected chi connectivity index (χ3v) is 7.23. The summed E-state index contributed by atoms with van der Waals surface area (Å²) >= 11 is 0. The fourth-order valence-electron chi connectivity index (χ4n) is 4.78. The molecule has 1 aliphatic rings. The summed E-state index contributed by atoms with van der Waals surface area (Å²) < 4.78 is 24.9. The summed E-state index contributed by atoms with van der Waals surface area (Å²) in [5.41, 5.74) is 1.32. The number of hydrogen-bond acceptors (Lipinski definition) is 7. The molecule has 41 heavy (non-hydrogen) atoms. The molecule has 210 valence electrons. The van der Waals surface area contributed by atoms with E-state index in [4.69, 9.17) is 14.6 Å². The van der Waals surface area contributed by atoms with Crippen LogP contribution in [-0.4, -0.2) is 47.8 Å². The minimum atomic E-state index is -0.957. The van der Waals surface area contributed by atoms with Crippen LogP contribution < -0.4 is 14.8 Å². The van der Waals surface area contributed by atoms with Gasteiger partial charge < -0.3 is 19.9 Å². The lowest BCUT2D eigenvalue weighted by Gasteiger charge is -2.14. The number of fused-ring (bicyclic) bond motifs is 1. The molecule has 1 amide bonds. The minimum absolute atomic E-state index is 0.0318. The second kappa shape index (κ2) is 11.9. The number of nitrogens with one attached hydrogen (secondary N) is 1. The highest BCUT2D eigenvalue weighted by Crippen LogP contribution is 2.49. The van der Waals surface area contributed by atoms with Crippen molar-refractivity contribution in [1.82, 2.24) is 10.3 Å². The number of hydrogen-bond donors (Lipinski definition) is 2. The van der Waals surface area contributed by atoms with Gasteiger partial charge in [0.15, 0.2) is 11.6 Å². The van der Waals surface area contributed by atoms with Gasteiger partial charge in [0.1, 0.15) is 29.7 Å². The van der Waals surface area contributed by atoms with Crippen LogP contribution in [0.15, 0.2) is 72.9 Å². The van der Waals surface area contributed by atoms with Gasteiger partial charge in [-0.3, -0.25) is 19.4 Å². The maximum Gasteiger partial charge on any atom is 0.254 e. The number of aromatic nitrogens is 1. The lowest BCUT2D eigenvalue weighted by atomic mass is 9.88. The number of aliphatic hydroxyl groups excluding tert-OH is 1. The van der Waals surface area contributed by atoms with E-state index in [1.54, 1.807) is 60.8 Å². The van der Waals surface area contributed by atoms with Crippen LogP contribution in [0.25, 0.3) is 10.9 Å². The molecule has 1 aromatic heterocycles. The smallest absolute Gasteiger partial charge is 0.254 e. The monoisotopic (exact) mass is 556 g/mol. The van der Waals surface area contributed by atoms with E-state index in [9.17, 15) is 18.8 Å². The van der Waals surface area contributed by atoms with Crippen molar-refractivity contribution in [1.29, 1.82) is 0 Å². The summed E-state index contributed by atoms with van der Waals surface area (Å²) in [7, 11) is 1.52. The first-order valence-electron chi connectivity index (χ1n) is 13.3. The number of pyridine rings is 1. The molecule has 1 saturated carbocycles. The third kappa shape index (κ3) is 6.10. The van der Waals surface area contributed by atoms with Gasteiger partial charge in [0.25, 0.3) is 5.91 Å². The Kier molecular flexibility index (Phi) is 8.07. The molecule has 0 aliphatic heterocycles. The summed E-state index contributed by atoms with van der Waals surface area (Å²) in [5.74, 6) is 0.335. The molecule has 1 heterocycles. The van der Waals surface area contributed by atoms with E-state index in [1.807, 2.05) is 0 Å². The first-order chi connectivity index (χ1) is 19.8. The molecule has 1 aliphatic carbocycles. The zero-order valence-corrected chi connectivity index (χ0v) is 22.5. The van der Waals surface area contributed by atoms with Crippen molar-refractivity contribution in [2.24, 2.45) is 5.41 Å². The van der Waals surface area contributed by atoms with E-state index in [0.29, 0.717) is 46.6 Å². The molecule has 0 radical (unpaired) electrons. The van der Waals surface area contributed by atoms with Crippen molar-refractivity contribution in [2.75, 3.05) is 20.3 Å². The molecule has 0 saturated heterocycles. The van der Waals surface area contributed by atoms with Gasteiger partial charge in [-0.2, -0.15) is 0 Å². The Morgan fingerprint density at radius 3 is 2.15 bits per heavy atom. The zero-order chi connectivity index (χ0) is 29.0. The second-order valence-electron chi connectivity index (χ2n) is 9.98. The van der Waals surface area contributed by atoms with E-state index in [1.165, 1.54) is 19.2 Å². The highest BCUT2D eigenvalue weighted by atomic mass is 19.1. The van der Waals surface area contributed by atoms with Crippen LogP contribution in [0.1, 0.15) is 34.3 Å². The van der Waals surface area contributed by atoms with Gasteiger partial charge >= 0.3 is 0 Å². The normalized spacial score (nSPS) is 13.4. The molecule has 0 spiro atoms. The first-order valence-corrected chi connectivity index (χ1v) is 13.3. The Morgan fingerprint density at radius 1 is 0.927 bits per heavy atom. The Bertz CT molecular complexity index is 1600. The third-order valence-electron chi connectivity index (χ3n) is 7.23. The van der Waals surface area contributed by atoms with Crippen LogP contribution in [-0.2, 0) is 22.4 Å². The van der Waals surface area contributed by atoms with Crippen LogP contribution in [0.5, 0.6) is 17.2 Å². The van der Waals surface area contributed by atoms with Crippen molar-refractivity contribution in [3.05, 3.63) is 95.4 Å². The Labute approximate surface area is 236 Å². The predicted molar refractivity (Wildman–Crippen MR) is 150 cm³/mol. The number of benzene rings is 3. The van der Waals surface area contributed by atoms with E-state index in [0.717, 1.165) is 5.56 Å². The van der Waals surface area contributed by atoms with Crippen molar-refractivity contribution < 1.29 is 33.4 Å². The van der Waals surface area contributed by atoms with Crippen LogP contribution >= 0.6 is 0 Å². The summed E-state index contributed by atoms with van der Waals surface area (Å²) in [5, 5.41) is 12.3.